The monoisotopic (exact) mass is 282 g/mol. The second-order valence-corrected chi connectivity index (χ2v) is 6.09. The fourth-order valence-corrected chi connectivity index (χ4v) is 2.91. The second kappa shape index (κ2) is 9.95. The van der Waals surface area contributed by atoms with Gasteiger partial charge in [0.15, 0.2) is 11.9 Å². The largest absolute Gasteiger partial charge is 0.451 e. The highest BCUT2D eigenvalue weighted by molar-refractivity contribution is 5.76. The van der Waals surface area contributed by atoms with Crippen molar-refractivity contribution in [3.05, 3.63) is 0 Å². The van der Waals surface area contributed by atoms with Gasteiger partial charge in [-0.25, -0.2) is 0 Å². The van der Waals surface area contributed by atoms with Crippen molar-refractivity contribution < 1.29 is 14.3 Å². The average Bonchev–Trinajstić information content (AvgIpc) is 2.45. The molecule has 0 aromatic rings. The topological polar surface area (TPSA) is 43.4 Å². The molecule has 20 heavy (non-hydrogen) atoms. The van der Waals surface area contributed by atoms with E-state index in [9.17, 15) is 9.59 Å². The summed E-state index contributed by atoms with van der Waals surface area (Å²) in [4.78, 5) is 22.5. The minimum Gasteiger partial charge on any atom is -0.451 e. The number of unbranched alkanes of at least 4 members (excludes halogenated alkanes) is 8. The van der Waals surface area contributed by atoms with E-state index in [0.29, 0.717) is 19.3 Å². The molecule has 0 saturated carbocycles. The van der Waals surface area contributed by atoms with Crippen molar-refractivity contribution in [3.63, 3.8) is 0 Å². The fourth-order valence-electron chi connectivity index (χ4n) is 2.91. The molecule has 1 fully saturated rings. The first-order chi connectivity index (χ1) is 9.72. The molecule has 1 heterocycles. The quantitative estimate of drug-likeness (QED) is 0.317. The lowest BCUT2D eigenvalue weighted by atomic mass is 9.89. The normalized spacial score (nSPS) is 22.6. The molecule has 116 valence electrons. The molecule has 0 bridgehead atoms. The maximum atomic E-state index is 11.3. The zero-order valence-electron chi connectivity index (χ0n) is 13.0. The molecule has 0 spiro atoms. The summed E-state index contributed by atoms with van der Waals surface area (Å²) in [7, 11) is 0. The second-order valence-electron chi connectivity index (χ2n) is 6.09. The third kappa shape index (κ3) is 6.53. The Morgan fingerprint density at radius 1 is 1.05 bits per heavy atom. The fraction of sp³-hybridized carbons (Fsp3) is 0.882. The van der Waals surface area contributed by atoms with E-state index in [1.807, 2.05) is 0 Å². The number of hydrogen-bond acceptors (Lipinski definition) is 3. The lowest BCUT2D eigenvalue weighted by molar-refractivity contribution is -0.170. The van der Waals surface area contributed by atoms with Crippen LogP contribution in [0.15, 0.2) is 0 Å². The van der Waals surface area contributed by atoms with Crippen LogP contribution >= 0.6 is 0 Å². The van der Waals surface area contributed by atoms with Crippen LogP contribution in [-0.4, -0.2) is 17.9 Å². The van der Waals surface area contributed by atoms with Crippen molar-refractivity contribution in [3.8, 4) is 0 Å². The van der Waals surface area contributed by atoms with Gasteiger partial charge in [-0.3, -0.25) is 9.59 Å². The SMILES string of the molecule is CCCCCCCCCCC[C@]1(C=O)CCCC(=O)O1. The van der Waals surface area contributed by atoms with E-state index < -0.39 is 5.60 Å². The van der Waals surface area contributed by atoms with E-state index in [1.54, 1.807) is 0 Å². The molecular weight excluding hydrogens is 252 g/mol. The molecule has 0 aromatic heterocycles. The molecule has 3 nitrogen and oxygen atoms in total. The van der Waals surface area contributed by atoms with Gasteiger partial charge in [0.1, 0.15) is 0 Å². The van der Waals surface area contributed by atoms with Gasteiger partial charge in [0.25, 0.3) is 0 Å². The third-order valence-corrected chi connectivity index (χ3v) is 4.22. The Hall–Kier alpha value is -0.860. The maximum absolute atomic E-state index is 11.3. The van der Waals surface area contributed by atoms with E-state index in [2.05, 4.69) is 6.92 Å². The van der Waals surface area contributed by atoms with Crippen molar-refractivity contribution in [2.24, 2.45) is 0 Å². The van der Waals surface area contributed by atoms with Gasteiger partial charge in [0.2, 0.25) is 0 Å². The Balaban J connectivity index is 2.04. The van der Waals surface area contributed by atoms with Crippen LogP contribution in [-0.2, 0) is 14.3 Å². The van der Waals surface area contributed by atoms with Crippen molar-refractivity contribution >= 4 is 12.3 Å². The number of rotatable bonds is 11. The number of aldehydes is 1. The Morgan fingerprint density at radius 2 is 1.65 bits per heavy atom. The first-order valence-electron chi connectivity index (χ1n) is 8.40. The summed E-state index contributed by atoms with van der Waals surface area (Å²) in [6.45, 7) is 2.24. The zero-order valence-corrected chi connectivity index (χ0v) is 13.0. The molecule has 3 heteroatoms. The average molecular weight is 282 g/mol. The summed E-state index contributed by atoms with van der Waals surface area (Å²) in [5, 5.41) is 0. The van der Waals surface area contributed by atoms with Gasteiger partial charge in [0, 0.05) is 6.42 Å². The van der Waals surface area contributed by atoms with Crippen molar-refractivity contribution in [2.75, 3.05) is 0 Å². The van der Waals surface area contributed by atoms with Crippen LogP contribution in [0, 0.1) is 0 Å². The number of hydrogen-bond donors (Lipinski definition) is 0. The summed E-state index contributed by atoms with van der Waals surface area (Å²) in [6, 6.07) is 0. The highest BCUT2D eigenvalue weighted by atomic mass is 16.6. The van der Waals surface area contributed by atoms with Crippen LogP contribution in [0.1, 0.15) is 90.4 Å². The summed E-state index contributed by atoms with van der Waals surface area (Å²) in [6.07, 6.45) is 14.9. The Bertz CT molecular complexity index is 288. The van der Waals surface area contributed by atoms with Crippen molar-refractivity contribution in [1.82, 2.24) is 0 Å². The molecule has 0 radical (unpaired) electrons. The molecule has 0 amide bonds. The molecule has 0 aromatic carbocycles. The molecule has 0 aliphatic carbocycles. The number of ether oxygens (including phenoxy) is 1. The first kappa shape index (κ1) is 17.2. The smallest absolute Gasteiger partial charge is 0.306 e. The summed E-state index contributed by atoms with van der Waals surface area (Å²) in [5.41, 5.74) is -0.795. The van der Waals surface area contributed by atoms with Gasteiger partial charge >= 0.3 is 5.97 Å². The maximum Gasteiger partial charge on any atom is 0.306 e. The third-order valence-electron chi connectivity index (χ3n) is 4.22. The molecule has 1 aliphatic rings. The minimum absolute atomic E-state index is 0.209. The number of carbonyl (C=O) groups is 2. The van der Waals surface area contributed by atoms with E-state index >= 15 is 0 Å². The van der Waals surface area contributed by atoms with E-state index in [1.165, 1.54) is 44.9 Å². The van der Waals surface area contributed by atoms with Gasteiger partial charge in [-0.2, -0.15) is 0 Å². The molecule has 1 atom stereocenters. The standard InChI is InChI=1S/C17H30O3/c1-2-3-4-5-6-7-8-9-10-13-17(15-18)14-11-12-16(19)20-17/h15H,2-14H2,1H3/t17-/m1/s1. The first-order valence-corrected chi connectivity index (χ1v) is 8.40. The number of esters is 1. The minimum atomic E-state index is -0.795. The zero-order chi connectivity index (χ0) is 14.7. The van der Waals surface area contributed by atoms with E-state index in [-0.39, 0.29) is 5.97 Å². The molecule has 0 unspecified atom stereocenters. The van der Waals surface area contributed by atoms with Crippen LogP contribution in [0.4, 0.5) is 0 Å². The predicted molar refractivity (Wildman–Crippen MR) is 80.6 cm³/mol. The van der Waals surface area contributed by atoms with Gasteiger partial charge in [0.05, 0.1) is 0 Å². The highest BCUT2D eigenvalue weighted by Crippen LogP contribution is 2.29. The van der Waals surface area contributed by atoms with Gasteiger partial charge < -0.3 is 4.74 Å². The lowest BCUT2D eigenvalue weighted by Gasteiger charge is -2.31. The Labute approximate surface area is 123 Å². The molecular formula is C17H30O3. The summed E-state index contributed by atoms with van der Waals surface area (Å²) < 4.78 is 5.29. The molecule has 0 N–H and O–H groups in total. The van der Waals surface area contributed by atoms with Gasteiger partial charge in [-0.15, -0.1) is 0 Å². The van der Waals surface area contributed by atoms with Gasteiger partial charge in [-0.1, -0.05) is 58.3 Å². The van der Waals surface area contributed by atoms with Crippen LogP contribution in [0.5, 0.6) is 0 Å². The lowest BCUT2D eigenvalue weighted by Crippen LogP contribution is -2.40. The van der Waals surface area contributed by atoms with Crippen LogP contribution in [0.3, 0.4) is 0 Å². The van der Waals surface area contributed by atoms with Crippen LogP contribution in [0.2, 0.25) is 0 Å². The predicted octanol–water partition coefficient (Wildman–Crippen LogP) is 4.57. The van der Waals surface area contributed by atoms with E-state index in [0.717, 1.165) is 25.5 Å². The summed E-state index contributed by atoms with van der Waals surface area (Å²) in [5.74, 6) is -0.209. The molecule has 1 rings (SSSR count). The van der Waals surface area contributed by atoms with E-state index in [4.69, 9.17) is 4.74 Å². The molecule has 1 saturated heterocycles. The van der Waals surface area contributed by atoms with Gasteiger partial charge in [-0.05, 0) is 25.7 Å². The van der Waals surface area contributed by atoms with Crippen molar-refractivity contribution in [2.45, 2.75) is 96.0 Å². The Morgan fingerprint density at radius 3 is 2.20 bits per heavy atom. The van der Waals surface area contributed by atoms with Crippen LogP contribution < -0.4 is 0 Å². The highest BCUT2D eigenvalue weighted by Gasteiger charge is 2.36. The summed E-state index contributed by atoms with van der Waals surface area (Å²) >= 11 is 0. The van der Waals surface area contributed by atoms with Crippen LogP contribution in [0.25, 0.3) is 0 Å². The number of carbonyl (C=O) groups excluding carboxylic acids is 2. The number of cyclic esters (lactones) is 1. The van der Waals surface area contributed by atoms with Crippen molar-refractivity contribution in [1.29, 1.82) is 0 Å². The Kier molecular flexibility index (Phi) is 8.56. The molecule has 1 aliphatic heterocycles.